The first kappa shape index (κ1) is 27.7. The predicted octanol–water partition coefficient (Wildman–Crippen LogP) is 10.5. The molecule has 0 aliphatic rings. The number of benzene rings is 6. The van der Waals surface area contributed by atoms with Gasteiger partial charge in [-0.1, -0.05) is 120 Å². The second kappa shape index (κ2) is 10.4. The van der Waals surface area contributed by atoms with E-state index in [0.29, 0.717) is 0 Å². The molecule has 0 saturated carbocycles. The molecule has 0 atom stereocenters. The fourth-order valence-corrected chi connectivity index (χ4v) is 9.32. The van der Waals surface area contributed by atoms with Crippen LogP contribution in [-0.2, 0) is 6.42 Å². The van der Waals surface area contributed by atoms with Gasteiger partial charge in [-0.2, -0.15) is 0 Å². The van der Waals surface area contributed by atoms with E-state index in [1.54, 1.807) is 0 Å². The third-order valence-corrected chi connectivity index (χ3v) is 13.0. The minimum Gasteiger partial charge on any atom is -0.456 e. The first-order valence-electron chi connectivity index (χ1n) is 15.8. The second-order valence-electron chi connectivity index (χ2n) is 13.3. The van der Waals surface area contributed by atoms with E-state index in [-0.39, 0.29) is 0 Å². The summed E-state index contributed by atoms with van der Waals surface area (Å²) in [7, 11) is -2.04. The van der Waals surface area contributed by atoms with Gasteiger partial charge in [-0.05, 0) is 73.4 Å². The number of hydrogen-bond acceptors (Lipinski definition) is 2. The number of furan rings is 2. The summed E-state index contributed by atoms with van der Waals surface area (Å²) < 4.78 is 12.8. The van der Waals surface area contributed by atoms with Crippen molar-refractivity contribution < 1.29 is 8.83 Å². The Bertz CT molecular complexity index is 2420. The van der Waals surface area contributed by atoms with E-state index in [1.807, 2.05) is 0 Å². The quantitative estimate of drug-likeness (QED) is 0.184. The number of hydrogen-bond donors (Lipinski definition) is 0. The van der Waals surface area contributed by atoms with Crippen LogP contribution in [0.25, 0.3) is 55.0 Å². The van der Waals surface area contributed by atoms with Crippen molar-refractivity contribution in [3.63, 3.8) is 0 Å². The van der Waals surface area contributed by atoms with Crippen LogP contribution in [0.15, 0.2) is 124 Å². The molecule has 6 aromatic carbocycles. The molecule has 0 saturated heterocycles. The summed E-state index contributed by atoms with van der Waals surface area (Å²) in [5.41, 5.74) is 12.6. The standard InChI is InChI=1S/C42H36O2Si/c1-26-8-6-10-30(18-26)31-11-7-9-29(22-31)23-32-19-28(3)21-38-37-25-34(14-17-41(37)44-42(32)38)45(4,5)33-13-16-40-36(24-33)35-20-27(2)12-15-39(35)43-40/h6-22,24-25H,23H2,1-5H3. The molecule has 0 N–H and O–H groups in total. The van der Waals surface area contributed by atoms with Gasteiger partial charge < -0.3 is 8.83 Å². The molecule has 0 fully saturated rings. The Morgan fingerprint density at radius 1 is 0.489 bits per heavy atom. The minimum absolute atomic E-state index is 0.822. The summed E-state index contributed by atoms with van der Waals surface area (Å²) in [4.78, 5) is 0. The van der Waals surface area contributed by atoms with Crippen LogP contribution in [0.1, 0.15) is 27.8 Å². The van der Waals surface area contributed by atoms with Crippen molar-refractivity contribution in [1.29, 1.82) is 0 Å². The first-order chi connectivity index (χ1) is 21.7. The minimum atomic E-state index is -2.04. The van der Waals surface area contributed by atoms with Crippen molar-refractivity contribution in [2.45, 2.75) is 40.3 Å². The summed E-state index contributed by atoms with van der Waals surface area (Å²) >= 11 is 0. The van der Waals surface area contributed by atoms with E-state index >= 15 is 0 Å². The highest BCUT2D eigenvalue weighted by Crippen LogP contribution is 2.34. The molecule has 8 rings (SSSR count). The third kappa shape index (κ3) is 4.79. The van der Waals surface area contributed by atoms with Gasteiger partial charge in [-0.15, -0.1) is 0 Å². The fourth-order valence-electron chi connectivity index (χ4n) is 6.98. The zero-order chi connectivity index (χ0) is 30.9. The lowest BCUT2D eigenvalue weighted by molar-refractivity contribution is 0.664. The molecule has 45 heavy (non-hydrogen) atoms. The van der Waals surface area contributed by atoms with Gasteiger partial charge in [-0.3, -0.25) is 0 Å². The van der Waals surface area contributed by atoms with E-state index < -0.39 is 8.07 Å². The molecule has 2 nitrogen and oxygen atoms in total. The zero-order valence-electron chi connectivity index (χ0n) is 26.5. The fraction of sp³-hybridized carbons (Fsp3) is 0.143. The average molecular weight is 601 g/mol. The van der Waals surface area contributed by atoms with E-state index in [2.05, 4.69) is 149 Å². The van der Waals surface area contributed by atoms with Crippen molar-refractivity contribution in [1.82, 2.24) is 0 Å². The molecule has 0 unspecified atom stereocenters. The van der Waals surface area contributed by atoms with Gasteiger partial charge in [-0.25, -0.2) is 0 Å². The summed E-state index contributed by atoms with van der Waals surface area (Å²) in [6.07, 6.45) is 0.822. The van der Waals surface area contributed by atoms with Crippen molar-refractivity contribution >= 4 is 62.3 Å². The Labute approximate surface area is 264 Å². The summed E-state index contributed by atoms with van der Waals surface area (Å²) in [5.74, 6) is 0. The van der Waals surface area contributed by atoms with Crippen molar-refractivity contribution in [3.05, 3.63) is 143 Å². The van der Waals surface area contributed by atoms with Gasteiger partial charge in [0.05, 0.1) is 0 Å². The molecule has 3 heteroatoms. The molecular weight excluding hydrogens is 565 g/mol. The average Bonchev–Trinajstić information content (AvgIpc) is 3.58. The normalized spacial score (nSPS) is 12.2. The van der Waals surface area contributed by atoms with Crippen LogP contribution < -0.4 is 10.4 Å². The highest BCUT2D eigenvalue weighted by Gasteiger charge is 2.28. The smallest absolute Gasteiger partial charge is 0.138 e. The van der Waals surface area contributed by atoms with Gasteiger partial charge in [0.15, 0.2) is 0 Å². The molecule has 2 aromatic heterocycles. The van der Waals surface area contributed by atoms with Crippen LogP contribution >= 0.6 is 0 Å². The van der Waals surface area contributed by atoms with Crippen LogP contribution in [0.5, 0.6) is 0 Å². The van der Waals surface area contributed by atoms with Crippen molar-refractivity contribution in [2.75, 3.05) is 0 Å². The molecule has 2 heterocycles. The molecule has 0 aliphatic heterocycles. The highest BCUT2D eigenvalue weighted by molar-refractivity contribution is 7.00. The van der Waals surface area contributed by atoms with Gasteiger partial charge >= 0.3 is 0 Å². The Morgan fingerprint density at radius 3 is 1.80 bits per heavy atom. The predicted molar refractivity (Wildman–Crippen MR) is 193 cm³/mol. The molecule has 0 bridgehead atoms. The molecule has 0 aliphatic carbocycles. The van der Waals surface area contributed by atoms with E-state index in [0.717, 1.165) is 28.8 Å². The summed E-state index contributed by atoms with van der Waals surface area (Å²) in [5, 5.41) is 7.60. The lowest BCUT2D eigenvalue weighted by Gasteiger charge is -2.24. The third-order valence-electron chi connectivity index (χ3n) is 9.53. The Balaban J connectivity index is 1.19. The Hall–Kier alpha value is -4.86. The molecule has 8 aromatic rings. The molecule has 0 amide bonds. The highest BCUT2D eigenvalue weighted by atomic mass is 28.3. The maximum absolute atomic E-state index is 6.62. The topological polar surface area (TPSA) is 26.3 Å². The Morgan fingerprint density at radius 2 is 1.07 bits per heavy atom. The molecular formula is C42H36O2Si. The van der Waals surface area contributed by atoms with Crippen molar-refractivity contribution in [2.24, 2.45) is 0 Å². The number of aryl methyl sites for hydroxylation is 3. The van der Waals surface area contributed by atoms with Crippen molar-refractivity contribution in [3.8, 4) is 11.1 Å². The lowest BCUT2D eigenvalue weighted by atomic mass is 9.96. The maximum atomic E-state index is 6.62. The SMILES string of the molecule is Cc1cccc(-c2cccc(Cc3cc(C)cc4c3oc3ccc([Si](C)(C)c5ccc6oc7ccc(C)cc7c6c5)cc34)c2)c1. The van der Waals surface area contributed by atoms with Gasteiger partial charge in [0.2, 0.25) is 0 Å². The molecule has 0 spiro atoms. The molecule has 220 valence electrons. The van der Waals surface area contributed by atoms with Gasteiger partial charge in [0.1, 0.15) is 30.4 Å². The number of rotatable bonds is 5. The molecule has 0 radical (unpaired) electrons. The summed E-state index contributed by atoms with van der Waals surface area (Å²) in [6, 6.07) is 42.3. The van der Waals surface area contributed by atoms with Crippen LogP contribution in [0, 0.1) is 20.8 Å². The van der Waals surface area contributed by atoms with Crippen LogP contribution in [0.2, 0.25) is 13.1 Å². The first-order valence-corrected chi connectivity index (χ1v) is 18.8. The summed E-state index contributed by atoms with van der Waals surface area (Å²) in [6.45, 7) is 11.4. The van der Waals surface area contributed by atoms with Crippen LogP contribution in [0.3, 0.4) is 0 Å². The van der Waals surface area contributed by atoms with Crippen LogP contribution in [0.4, 0.5) is 0 Å². The van der Waals surface area contributed by atoms with Crippen LogP contribution in [-0.4, -0.2) is 8.07 Å². The number of fused-ring (bicyclic) bond motifs is 6. The van der Waals surface area contributed by atoms with E-state index in [4.69, 9.17) is 8.83 Å². The van der Waals surface area contributed by atoms with Gasteiger partial charge in [0, 0.05) is 33.5 Å². The van der Waals surface area contributed by atoms with E-state index in [1.165, 1.54) is 70.9 Å². The Kier molecular flexibility index (Phi) is 6.37. The lowest BCUT2D eigenvalue weighted by Crippen LogP contribution is -2.52. The van der Waals surface area contributed by atoms with Gasteiger partial charge in [0.25, 0.3) is 0 Å². The van der Waals surface area contributed by atoms with E-state index in [9.17, 15) is 0 Å². The zero-order valence-corrected chi connectivity index (χ0v) is 27.5. The maximum Gasteiger partial charge on any atom is 0.138 e. The second-order valence-corrected chi connectivity index (χ2v) is 17.7. The largest absolute Gasteiger partial charge is 0.456 e. The monoisotopic (exact) mass is 600 g/mol.